The first-order valence-corrected chi connectivity index (χ1v) is 5.35. The lowest BCUT2D eigenvalue weighted by atomic mass is 10.4. The van der Waals surface area contributed by atoms with Gasteiger partial charge in [0.15, 0.2) is 5.52 Å². The molecule has 0 saturated heterocycles. The Morgan fingerprint density at radius 2 is 2.41 bits per heavy atom. The van der Waals surface area contributed by atoms with Crippen LogP contribution < -0.4 is 5.56 Å². The minimum Gasteiger partial charge on any atom is -0.381 e. The Kier molecular flexibility index (Phi) is 3.55. The van der Waals surface area contributed by atoms with Crippen LogP contribution in [0.1, 0.15) is 0 Å². The number of methoxy groups -OCH3 is 1. The second kappa shape index (κ2) is 5.11. The average molecular weight is 255 g/mol. The van der Waals surface area contributed by atoms with Crippen LogP contribution in [0.3, 0.4) is 0 Å². The van der Waals surface area contributed by atoms with Crippen molar-refractivity contribution in [2.24, 2.45) is 0 Å². The van der Waals surface area contributed by atoms with E-state index in [-0.39, 0.29) is 10.8 Å². The quantitative estimate of drug-likeness (QED) is 0.652. The van der Waals surface area contributed by atoms with E-state index in [0.29, 0.717) is 24.2 Å². The Balaban J connectivity index is 2.33. The molecule has 7 heteroatoms. The molecule has 0 fully saturated rings. The molecule has 2 heterocycles. The molecule has 0 bridgehead atoms. The van der Waals surface area contributed by atoms with Gasteiger partial charge in [0.05, 0.1) is 19.3 Å². The maximum absolute atomic E-state index is 11.7. The van der Waals surface area contributed by atoms with E-state index in [1.165, 1.54) is 6.20 Å². The molecule has 0 aliphatic rings. The van der Waals surface area contributed by atoms with Gasteiger partial charge in [-0.1, -0.05) is 12.2 Å². The standard InChI is InChI=1S/C10H11ClN4O2/c1-17-5-3-2-4-15-8-7(6-12-15)13-10(11)14-9(8)16/h2-3,6H,4-5H2,1H3,(H,13,14,16)/b3-2+. The number of allylic oxidation sites excluding steroid dienone is 1. The molecule has 0 amide bonds. The highest BCUT2D eigenvalue weighted by Crippen LogP contribution is 2.08. The zero-order valence-electron chi connectivity index (χ0n) is 9.18. The summed E-state index contributed by atoms with van der Waals surface area (Å²) < 4.78 is 6.43. The van der Waals surface area contributed by atoms with E-state index < -0.39 is 0 Å². The Hall–Kier alpha value is -1.66. The third kappa shape index (κ3) is 2.54. The summed E-state index contributed by atoms with van der Waals surface area (Å²) in [5.41, 5.74) is 0.605. The van der Waals surface area contributed by atoms with E-state index in [1.807, 2.05) is 12.2 Å². The summed E-state index contributed by atoms with van der Waals surface area (Å²) in [4.78, 5) is 18.1. The molecule has 90 valence electrons. The summed E-state index contributed by atoms with van der Waals surface area (Å²) in [5.74, 6) is 0. The molecular formula is C10H11ClN4O2. The highest BCUT2D eigenvalue weighted by molar-refractivity contribution is 6.28. The number of aromatic nitrogens is 4. The van der Waals surface area contributed by atoms with Crippen LogP contribution >= 0.6 is 11.6 Å². The van der Waals surface area contributed by atoms with E-state index in [2.05, 4.69) is 15.1 Å². The lowest BCUT2D eigenvalue weighted by Crippen LogP contribution is -2.12. The Bertz CT molecular complexity index is 602. The molecule has 6 nitrogen and oxygen atoms in total. The van der Waals surface area contributed by atoms with Crippen LogP contribution in [0.2, 0.25) is 5.28 Å². The van der Waals surface area contributed by atoms with E-state index in [9.17, 15) is 4.79 Å². The van der Waals surface area contributed by atoms with Crippen molar-refractivity contribution in [1.82, 2.24) is 19.7 Å². The van der Waals surface area contributed by atoms with Gasteiger partial charge >= 0.3 is 0 Å². The molecule has 0 unspecified atom stereocenters. The summed E-state index contributed by atoms with van der Waals surface area (Å²) in [7, 11) is 1.62. The number of fused-ring (bicyclic) bond motifs is 1. The van der Waals surface area contributed by atoms with Crippen molar-refractivity contribution in [3.8, 4) is 0 Å². The third-order valence-electron chi connectivity index (χ3n) is 2.18. The van der Waals surface area contributed by atoms with Crippen molar-refractivity contribution >= 4 is 22.6 Å². The summed E-state index contributed by atoms with van der Waals surface area (Å²) >= 11 is 5.64. The van der Waals surface area contributed by atoms with E-state index >= 15 is 0 Å². The monoisotopic (exact) mass is 254 g/mol. The van der Waals surface area contributed by atoms with Crippen molar-refractivity contribution < 1.29 is 4.74 Å². The van der Waals surface area contributed by atoms with Gasteiger partial charge < -0.3 is 4.74 Å². The summed E-state index contributed by atoms with van der Waals surface area (Å²) in [6, 6.07) is 0. The fraction of sp³-hybridized carbons (Fsp3) is 0.300. The van der Waals surface area contributed by atoms with Gasteiger partial charge in [0.25, 0.3) is 5.56 Å². The number of ether oxygens (including phenoxy) is 1. The van der Waals surface area contributed by atoms with E-state index in [0.717, 1.165) is 0 Å². The molecule has 1 N–H and O–H groups in total. The SMILES string of the molecule is COC/C=C/Cn1ncc2nc(Cl)[nH]c(=O)c21. The molecular weight excluding hydrogens is 244 g/mol. The second-order valence-electron chi connectivity index (χ2n) is 3.34. The summed E-state index contributed by atoms with van der Waals surface area (Å²) in [6.07, 6.45) is 5.23. The lowest BCUT2D eigenvalue weighted by molar-refractivity contribution is 0.233. The number of aromatic amines is 1. The molecule has 0 radical (unpaired) electrons. The number of rotatable bonds is 4. The first kappa shape index (κ1) is 11.8. The Morgan fingerprint density at radius 1 is 1.59 bits per heavy atom. The molecule has 0 saturated carbocycles. The number of nitrogens with zero attached hydrogens (tertiary/aromatic N) is 3. The van der Waals surface area contributed by atoms with E-state index in [1.54, 1.807) is 11.8 Å². The van der Waals surface area contributed by atoms with Crippen LogP contribution in [0.4, 0.5) is 0 Å². The normalized spacial score (nSPS) is 11.6. The molecule has 0 aromatic carbocycles. The zero-order chi connectivity index (χ0) is 12.3. The maximum atomic E-state index is 11.7. The van der Waals surface area contributed by atoms with Crippen molar-refractivity contribution in [3.05, 3.63) is 34.0 Å². The number of hydrogen-bond acceptors (Lipinski definition) is 4. The lowest BCUT2D eigenvalue weighted by Gasteiger charge is -1.98. The summed E-state index contributed by atoms with van der Waals surface area (Å²) in [5, 5.41) is 4.14. The van der Waals surface area contributed by atoms with Gasteiger partial charge in [-0.15, -0.1) is 0 Å². The van der Waals surface area contributed by atoms with Crippen LogP contribution in [0, 0.1) is 0 Å². The molecule has 2 aromatic heterocycles. The fourth-order valence-corrected chi connectivity index (χ4v) is 1.63. The van der Waals surface area contributed by atoms with Gasteiger partial charge in [0, 0.05) is 7.11 Å². The molecule has 0 spiro atoms. The molecule has 0 aliphatic heterocycles. The number of halogens is 1. The van der Waals surface area contributed by atoms with Crippen molar-refractivity contribution in [3.63, 3.8) is 0 Å². The predicted octanol–water partition coefficient (Wildman–Crippen LogP) is 0.976. The minimum absolute atomic E-state index is 0.0666. The van der Waals surface area contributed by atoms with Crippen LogP contribution in [0.15, 0.2) is 23.1 Å². The second-order valence-corrected chi connectivity index (χ2v) is 3.70. The third-order valence-corrected chi connectivity index (χ3v) is 2.36. The predicted molar refractivity (Wildman–Crippen MR) is 64.2 cm³/mol. The minimum atomic E-state index is -0.294. The van der Waals surface area contributed by atoms with Gasteiger partial charge in [-0.05, 0) is 11.6 Å². The molecule has 0 atom stereocenters. The molecule has 17 heavy (non-hydrogen) atoms. The first-order valence-electron chi connectivity index (χ1n) is 4.97. The van der Waals surface area contributed by atoms with Gasteiger partial charge in [0.2, 0.25) is 5.28 Å². The first-order chi connectivity index (χ1) is 8.22. The highest BCUT2D eigenvalue weighted by Gasteiger charge is 2.08. The number of hydrogen-bond donors (Lipinski definition) is 1. The van der Waals surface area contributed by atoms with Crippen LogP contribution in [-0.2, 0) is 11.3 Å². The van der Waals surface area contributed by atoms with Gasteiger partial charge in [-0.25, -0.2) is 4.98 Å². The maximum Gasteiger partial charge on any atom is 0.278 e. The van der Waals surface area contributed by atoms with Gasteiger partial charge in [0.1, 0.15) is 5.52 Å². The van der Waals surface area contributed by atoms with Crippen LogP contribution in [0.25, 0.3) is 11.0 Å². The Morgan fingerprint density at radius 3 is 3.18 bits per heavy atom. The topological polar surface area (TPSA) is 72.8 Å². The zero-order valence-corrected chi connectivity index (χ0v) is 9.94. The Labute approximate surface area is 102 Å². The van der Waals surface area contributed by atoms with E-state index in [4.69, 9.17) is 16.3 Å². The molecule has 0 aliphatic carbocycles. The van der Waals surface area contributed by atoms with Crippen molar-refractivity contribution in [2.75, 3.05) is 13.7 Å². The van der Waals surface area contributed by atoms with Crippen molar-refractivity contribution in [2.45, 2.75) is 6.54 Å². The molecule has 2 aromatic rings. The highest BCUT2D eigenvalue weighted by atomic mass is 35.5. The van der Waals surface area contributed by atoms with Gasteiger partial charge in [-0.2, -0.15) is 5.10 Å². The van der Waals surface area contributed by atoms with Crippen LogP contribution in [0.5, 0.6) is 0 Å². The van der Waals surface area contributed by atoms with Crippen molar-refractivity contribution in [1.29, 1.82) is 0 Å². The number of nitrogens with one attached hydrogen (secondary N) is 1. The van der Waals surface area contributed by atoms with Gasteiger partial charge in [-0.3, -0.25) is 14.5 Å². The van der Waals surface area contributed by atoms with Crippen LogP contribution in [-0.4, -0.2) is 33.5 Å². The molecule has 2 rings (SSSR count). The number of H-pyrrole nitrogens is 1. The average Bonchev–Trinajstić information content (AvgIpc) is 2.68. The smallest absolute Gasteiger partial charge is 0.278 e. The largest absolute Gasteiger partial charge is 0.381 e. The fourth-order valence-electron chi connectivity index (χ4n) is 1.45. The summed E-state index contributed by atoms with van der Waals surface area (Å²) in [6.45, 7) is 1.01.